The van der Waals surface area contributed by atoms with E-state index in [4.69, 9.17) is 14.2 Å². The van der Waals surface area contributed by atoms with Gasteiger partial charge in [0.1, 0.15) is 11.5 Å². The van der Waals surface area contributed by atoms with E-state index < -0.39 is 5.92 Å². The van der Waals surface area contributed by atoms with Crippen molar-refractivity contribution in [3.05, 3.63) is 18.2 Å². The molecule has 1 aromatic carbocycles. The fraction of sp³-hybridized carbons (Fsp3) is 0.429. The Balaban J connectivity index is 2.31. The molecule has 0 saturated carbocycles. The summed E-state index contributed by atoms with van der Waals surface area (Å²) < 4.78 is 15.1. The van der Waals surface area contributed by atoms with Gasteiger partial charge in [0, 0.05) is 19.0 Å². The van der Waals surface area contributed by atoms with Gasteiger partial charge in [-0.3, -0.25) is 9.59 Å². The molecule has 2 rings (SSSR count). The van der Waals surface area contributed by atoms with Crippen LogP contribution in [0.5, 0.6) is 11.5 Å². The first kappa shape index (κ1) is 14.2. The topological polar surface area (TPSA) is 65.1 Å². The maximum absolute atomic E-state index is 12.1. The maximum atomic E-state index is 12.1. The summed E-state index contributed by atoms with van der Waals surface area (Å²) in [7, 11) is 4.40. The third-order valence-electron chi connectivity index (χ3n) is 3.34. The maximum Gasteiger partial charge on any atom is 0.311 e. The van der Waals surface area contributed by atoms with E-state index in [1.54, 1.807) is 25.3 Å². The van der Waals surface area contributed by atoms with E-state index in [1.807, 2.05) is 0 Å². The molecule has 1 aliphatic heterocycles. The summed E-state index contributed by atoms with van der Waals surface area (Å²) in [5.41, 5.74) is 0.600. The Morgan fingerprint density at radius 2 is 2.00 bits per heavy atom. The first-order chi connectivity index (χ1) is 9.60. The number of esters is 1. The van der Waals surface area contributed by atoms with E-state index in [-0.39, 0.29) is 24.8 Å². The number of anilines is 1. The zero-order valence-electron chi connectivity index (χ0n) is 11.7. The first-order valence-electron chi connectivity index (χ1n) is 6.21. The van der Waals surface area contributed by atoms with Crippen LogP contribution >= 0.6 is 0 Å². The summed E-state index contributed by atoms with van der Waals surface area (Å²) in [6.45, 7) is 0.287. The van der Waals surface area contributed by atoms with Crippen molar-refractivity contribution in [1.29, 1.82) is 0 Å². The Morgan fingerprint density at radius 3 is 2.60 bits per heavy atom. The predicted octanol–water partition coefficient (Wildman–Crippen LogP) is 1.23. The predicted molar refractivity (Wildman–Crippen MR) is 72.0 cm³/mol. The molecule has 0 N–H and O–H groups in total. The molecule has 1 heterocycles. The van der Waals surface area contributed by atoms with Gasteiger partial charge in [0.15, 0.2) is 0 Å². The molecular formula is C14H17NO5. The monoisotopic (exact) mass is 279 g/mol. The lowest BCUT2D eigenvalue weighted by Crippen LogP contribution is -2.26. The van der Waals surface area contributed by atoms with Gasteiger partial charge in [-0.2, -0.15) is 0 Å². The Hall–Kier alpha value is -2.24. The highest BCUT2D eigenvalue weighted by Crippen LogP contribution is 2.36. The summed E-state index contributed by atoms with van der Waals surface area (Å²) in [6.07, 6.45) is 0.146. The number of methoxy groups -OCH3 is 3. The lowest BCUT2D eigenvalue weighted by molar-refractivity contribution is -0.145. The molecule has 1 aliphatic rings. The molecule has 1 atom stereocenters. The molecule has 1 amide bonds. The number of rotatable bonds is 4. The van der Waals surface area contributed by atoms with Crippen LogP contribution in [0, 0.1) is 5.92 Å². The zero-order valence-corrected chi connectivity index (χ0v) is 11.7. The van der Waals surface area contributed by atoms with Gasteiger partial charge in [-0.1, -0.05) is 0 Å². The van der Waals surface area contributed by atoms with E-state index in [1.165, 1.54) is 19.1 Å². The fourth-order valence-electron chi connectivity index (χ4n) is 2.27. The van der Waals surface area contributed by atoms with Crippen LogP contribution in [0.2, 0.25) is 0 Å². The minimum Gasteiger partial charge on any atom is -0.497 e. The normalized spacial score (nSPS) is 18.1. The first-order valence-corrected chi connectivity index (χ1v) is 6.21. The largest absolute Gasteiger partial charge is 0.497 e. The summed E-state index contributed by atoms with van der Waals surface area (Å²) in [5, 5.41) is 0. The van der Waals surface area contributed by atoms with Gasteiger partial charge in [-0.05, 0) is 12.1 Å². The van der Waals surface area contributed by atoms with Crippen molar-refractivity contribution in [1.82, 2.24) is 0 Å². The molecule has 108 valence electrons. The van der Waals surface area contributed by atoms with E-state index >= 15 is 0 Å². The summed E-state index contributed by atoms with van der Waals surface area (Å²) >= 11 is 0. The van der Waals surface area contributed by atoms with Crippen molar-refractivity contribution < 1.29 is 23.8 Å². The van der Waals surface area contributed by atoms with Gasteiger partial charge in [-0.25, -0.2) is 0 Å². The Morgan fingerprint density at radius 1 is 1.25 bits per heavy atom. The number of carbonyl (C=O) groups excluding carboxylic acids is 2. The van der Waals surface area contributed by atoms with Gasteiger partial charge in [0.2, 0.25) is 5.91 Å². The molecule has 0 aliphatic carbocycles. The third kappa shape index (κ3) is 2.54. The van der Waals surface area contributed by atoms with E-state index in [0.29, 0.717) is 17.2 Å². The Labute approximate surface area is 117 Å². The van der Waals surface area contributed by atoms with Crippen LogP contribution in [0.3, 0.4) is 0 Å². The summed E-state index contributed by atoms with van der Waals surface area (Å²) in [6, 6.07) is 5.20. The molecule has 1 fully saturated rings. The molecule has 1 aromatic rings. The number of amides is 1. The highest BCUT2D eigenvalue weighted by molar-refractivity contribution is 6.00. The SMILES string of the molecule is COC(=O)[C@H]1CC(=O)N(c2cc(OC)ccc2OC)C1. The molecule has 0 bridgehead atoms. The number of carbonyl (C=O) groups is 2. The van der Waals surface area contributed by atoms with Crippen LogP contribution < -0.4 is 14.4 Å². The molecule has 1 saturated heterocycles. The third-order valence-corrected chi connectivity index (χ3v) is 3.34. The van der Waals surface area contributed by atoms with E-state index in [0.717, 1.165) is 0 Å². The summed E-state index contributed by atoms with van der Waals surface area (Å²) in [4.78, 5) is 25.2. The zero-order chi connectivity index (χ0) is 14.7. The fourth-order valence-corrected chi connectivity index (χ4v) is 2.27. The molecule has 0 radical (unpaired) electrons. The second-order valence-corrected chi connectivity index (χ2v) is 4.47. The van der Waals surface area contributed by atoms with Crippen molar-refractivity contribution in [2.75, 3.05) is 32.8 Å². The van der Waals surface area contributed by atoms with Gasteiger partial charge in [0.05, 0.1) is 32.9 Å². The average molecular weight is 279 g/mol. The Bertz CT molecular complexity index is 528. The number of ether oxygens (including phenoxy) is 3. The van der Waals surface area contributed by atoms with E-state index in [9.17, 15) is 9.59 Å². The van der Waals surface area contributed by atoms with Crippen LogP contribution in [0.1, 0.15) is 6.42 Å². The minimum absolute atomic E-state index is 0.132. The van der Waals surface area contributed by atoms with Gasteiger partial charge in [0.25, 0.3) is 0 Å². The van der Waals surface area contributed by atoms with Crippen LogP contribution in [0.25, 0.3) is 0 Å². The molecular weight excluding hydrogens is 262 g/mol. The van der Waals surface area contributed by atoms with Crippen molar-refractivity contribution in [3.8, 4) is 11.5 Å². The minimum atomic E-state index is -0.441. The lowest BCUT2D eigenvalue weighted by Gasteiger charge is -2.20. The number of hydrogen-bond acceptors (Lipinski definition) is 5. The average Bonchev–Trinajstić information content (AvgIpc) is 2.87. The van der Waals surface area contributed by atoms with Crippen LogP contribution in [-0.4, -0.2) is 39.8 Å². The molecule has 0 spiro atoms. The van der Waals surface area contributed by atoms with Crippen LogP contribution in [0.15, 0.2) is 18.2 Å². The standard InChI is InChI=1S/C14H17NO5/c1-18-10-4-5-12(19-2)11(7-10)15-8-9(6-13(15)16)14(17)20-3/h4-5,7,9H,6,8H2,1-3H3/t9-/m0/s1. The molecule has 0 unspecified atom stereocenters. The van der Waals surface area contributed by atoms with Crippen LogP contribution in [-0.2, 0) is 14.3 Å². The Kier molecular flexibility index (Phi) is 4.12. The quantitative estimate of drug-likeness (QED) is 0.776. The van der Waals surface area contributed by atoms with Gasteiger partial charge >= 0.3 is 5.97 Å². The molecule has 6 nitrogen and oxygen atoms in total. The van der Waals surface area contributed by atoms with Gasteiger partial charge < -0.3 is 19.1 Å². The number of nitrogens with zero attached hydrogens (tertiary/aromatic N) is 1. The van der Waals surface area contributed by atoms with Crippen molar-refractivity contribution >= 4 is 17.6 Å². The van der Waals surface area contributed by atoms with Crippen LogP contribution in [0.4, 0.5) is 5.69 Å². The second kappa shape index (κ2) is 5.81. The smallest absolute Gasteiger partial charge is 0.311 e. The van der Waals surface area contributed by atoms with Gasteiger partial charge in [-0.15, -0.1) is 0 Å². The number of benzene rings is 1. The molecule has 0 aromatic heterocycles. The second-order valence-electron chi connectivity index (χ2n) is 4.47. The van der Waals surface area contributed by atoms with Crippen molar-refractivity contribution in [2.45, 2.75) is 6.42 Å². The number of hydrogen-bond donors (Lipinski definition) is 0. The summed E-state index contributed by atoms with van der Waals surface area (Å²) in [5.74, 6) is 0.234. The highest BCUT2D eigenvalue weighted by Gasteiger charge is 2.37. The highest BCUT2D eigenvalue weighted by atomic mass is 16.5. The van der Waals surface area contributed by atoms with Crippen molar-refractivity contribution in [3.63, 3.8) is 0 Å². The molecule has 20 heavy (non-hydrogen) atoms. The molecule has 6 heteroatoms. The lowest BCUT2D eigenvalue weighted by atomic mass is 10.1. The van der Waals surface area contributed by atoms with Crippen molar-refractivity contribution in [2.24, 2.45) is 5.92 Å². The van der Waals surface area contributed by atoms with E-state index in [2.05, 4.69) is 0 Å².